The van der Waals surface area contributed by atoms with Gasteiger partial charge < -0.3 is 9.64 Å². The Balaban J connectivity index is 2.01. The lowest BCUT2D eigenvalue weighted by atomic mass is 10.0. The maximum Gasteiger partial charge on any atom is 0.325 e. The van der Waals surface area contributed by atoms with Gasteiger partial charge in [0, 0.05) is 12.5 Å². The van der Waals surface area contributed by atoms with Gasteiger partial charge in [0.2, 0.25) is 5.91 Å². The number of ether oxygens (including phenoxy) is 1. The monoisotopic (exact) mass is 289 g/mol. The minimum atomic E-state index is -0.324. The number of hydrogen-bond acceptors (Lipinski definition) is 3. The summed E-state index contributed by atoms with van der Waals surface area (Å²) in [7, 11) is 0. The minimum Gasteiger partial charge on any atom is -0.465 e. The normalized spacial score (nSPS) is 13.8. The van der Waals surface area contributed by atoms with Gasteiger partial charge in [-0.2, -0.15) is 0 Å². The molecule has 1 aliphatic carbocycles. The Bertz CT molecular complexity index is 488. The largest absolute Gasteiger partial charge is 0.465 e. The van der Waals surface area contributed by atoms with E-state index in [0.29, 0.717) is 13.2 Å². The molecule has 4 nitrogen and oxygen atoms in total. The molecule has 21 heavy (non-hydrogen) atoms. The Morgan fingerprint density at radius 1 is 1.19 bits per heavy atom. The Hall–Kier alpha value is -1.84. The molecule has 0 unspecified atom stereocenters. The molecule has 0 heterocycles. The number of rotatable bonds is 6. The highest BCUT2D eigenvalue weighted by Gasteiger charge is 2.31. The number of benzene rings is 1. The second kappa shape index (κ2) is 7.25. The van der Waals surface area contributed by atoms with E-state index in [9.17, 15) is 9.59 Å². The zero-order valence-corrected chi connectivity index (χ0v) is 12.8. The van der Waals surface area contributed by atoms with Crippen molar-refractivity contribution in [2.45, 2.75) is 33.1 Å². The van der Waals surface area contributed by atoms with Gasteiger partial charge in [0.05, 0.1) is 6.61 Å². The molecule has 0 radical (unpaired) electrons. The number of carbonyl (C=O) groups excluding carboxylic acids is 2. The van der Waals surface area contributed by atoms with Crippen molar-refractivity contribution in [3.63, 3.8) is 0 Å². The van der Waals surface area contributed by atoms with Gasteiger partial charge in [-0.1, -0.05) is 31.2 Å². The van der Waals surface area contributed by atoms with Gasteiger partial charge >= 0.3 is 5.97 Å². The summed E-state index contributed by atoms with van der Waals surface area (Å²) in [5.74, 6) is -0.292. The molecule has 0 bridgehead atoms. The fraction of sp³-hybridized carbons (Fsp3) is 0.529. The van der Waals surface area contributed by atoms with E-state index in [1.807, 2.05) is 19.1 Å². The molecule has 1 aromatic carbocycles. The van der Waals surface area contributed by atoms with E-state index in [4.69, 9.17) is 4.74 Å². The van der Waals surface area contributed by atoms with E-state index < -0.39 is 0 Å². The number of fused-ring (bicyclic) bond motifs is 1. The smallest absolute Gasteiger partial charge is 0.325 e. The quantitative estimate of drug-likeness (QED) is 0.754. The third kappa shape index (κ3) is 3.84. The topological polar surface area (TPSA) is 46.6 Å². The second-order valence-electron chi connectivity index (χ2n) is 5.44. The Morgan fingerprint density at radius 2 is 1.81 bits per heavy atom. The van der Waals surface area contributed by atoms with Crippen LogP contribution in [0, 0.1) is 5.92 Å². The van der Waals surface area contributed by atoms with Crippen LogP contribution in [0.2, 0.25) is 0 Å². The summed E-state index contributed by atoms with van der Waals surface area (Å²) in [4.78, 5) is 26.0. The van der Waals surface area contributed by atoms with Crippen LogP contribution < -0.4 is 0 Å². The molecule has 2 rings (SSSR count). The van der Waals surface area contributed by atoms with Gasteiger partial charge in [-0.25, -0.2) is 0 Å². The molecule has 0 saturated heterocycles. The van der Waals surface area contributed by atoms with Gasteiger partial charge in [-0.3, -0.25) is 9.59 Å². The van der Waals surface area contributed by atoms with Crippen LogP contribution in [0.3, 0.4) is 0 Å². The van der Waals surface area contributed by atoms with Crippen molar-refractivity contribution in [2.24, 2.45) is 5.92 Å². The lowest BCUT2D eigenvalue weighted by molar-refractivity contribution is -0.150. The Labute approximate surface area is 126 Å². The van der Waals surface area contributed by atoms with Crippen molar-refractivity contribution < 1.29 is 14.3 Å². The summed E-state index contributed by atoms with van der Waals surface area (Å²) in [5.41, 5.74) is 2.51. The summed E-state index contributed by atoms with van der Waals surface area (Å²) in [6.07, 6.45) is 2.39. The van der Waals surface area contributed by atoms with Gasteiger partial charge in [0.25, 0.3) is 0 Å². The van der Waals surface area contributed by atoms with Crippen molar-refractivity contribution in [1.29, 1.82) is 0 Å². The first kappa shape index (κ1) is 15.5. The average molecular weight is 289 g/mol. The number of hydrogen-bond donors (Lipinski definition) is 0. The lowest BCUT2D eigenvalue weighted by Crippen LogP contribution is -2.41. The maximum absolute atomic E-state index is 12.7. The standard InChI is InChI=1S/C17H23NO3/c1-3-9-18(12-16(19)21-4-2)17(20)15-10-13-7-5-6-8-14(13)11-15/h5-8,15H,3-4,9-12H2,1-2H3. The zero-order chi connectivity index (χ0) is 15.2. The first-order chi connectivity index (χ1) is 10.2. The van der Waals surface area contributed by atoms with Gasteiger partial charge in [-0.15, -0.1) is 0 Å². The van der Waals surface area contributed by atoms with Crippen LogP contribution in [0.4, 0.5) is 0 Å². The average Bonchev–Trinajstić information content (AvgIpc) is 2.90. The summed E-state index contributed by atoms with van der Waals surface area (Å²) < 4.78 is 4.96. The fourth-order valence-electron chi connectivity index (χ4n) is 2.89. The number of nitrogens with zero attached hydrogens (tertiary/aromatic N) is 1. The van der Waals surface area contributed by atoms with E-state index in [0.717, 1.165) is 19.3 Å². The molecule has 0 N–H and O–H groups in total. The van der Waals surface area contributed by atoms with Crippen molar-refractivity contribution in [3.05, 3.63) is 35.4 Å². The van der Waals surface area contributed by atoms with Gasteiger partial charge in [-0.05, 0) is 37.3 Å². The molecule has 1 aromatic rings. The molecule has 0 spiro atoms. The second-order valence-corrected chi connectivity index (χ2v) is 5.44. The molecule has 1 amide bonds. The number of amides is 1. The van der Waals surface area contributed by atoms with Crippen LogP contribution in [-0.4, -0.2) is 36.5 Å². The van der Waals surface area contributed by atoms with Crippen molar-refractivity contribution >= 4 is 11.9 Å². The molecule has 0 aromatic heterocycles. The number of carbonyl (C=O) groups is 2. The molecule has 0 atom stereocenters. The molecular formula is C17H23NO3. The SMILES string of the molecule is CCCN(CC(=O)OCC)C(=O)C1Cc2ccccc2C1. The van der Waals surface area contributed by atoms with Gasteiger partial charge in [0.15, 0.2) is 0 Å². The van der Waals surface area contributed by atoms with E-state index >= 15 is 0 Å². The predicted octanol–water partition coefficient (Wildman–Crippen LogP) is 2.20. The first-order valence-corrected chi connectivity index (χ1v) is 7.66. The fourth-order valence-corrected chi connectivity index (χ4v) is 2.89. The van der Waals surface area contributed by atoms with Crippen LogP contribution in [0.25, 0.3) is 0 Å². The maximum atomic E-state index is 12.7. The Kier molecular flexibility index (Phi) is 5.37. The van der Waals surface area contributed by atoms with Crippen LogP contribution >= 0.6 is 0 Å². The van der Waals surface area contributed by atoms with E-state index in [-0.39, 0.29) is 24.3 Å². The number of esters is 1. The highest BCUT2D eigenvalue weighted by Crippen LogP contribution is 2.27. The minimum absolute atomic E-state index is 0.0385. The Morgan fingerprint density at radius 3 is 2.33 bits per heavy atom. The van der Waals surface area contributed by atoms with E-state index in [1.54, 1.807) is 11.8 Å². The van der Waals surface area contributed by atoms with Gasteiger partial charge in [0.1, 0.15) is 6.54 Å². The van der Waals surface area contributed by atoms with Crippen LogP contribution in [0.15, 0.2) is 24.3 Å². The predicted molar refractivity (Wildman–Crippen MR) is 80.8 cm³/mol. The van der Waals surface area contributed by atoms with Crippen LogP contribution in [-0.2, 0) is 27.2 Å². The molecule has 0 aliphatic heterocycles. The third-order valence-electron chi connectivity index (χ3n) is 3.83. The lowest BCUT2D eigenvalue weighted by Gasteiger charge is -2.24. The molecule has 0 fully saturated rings. The van der Waals surface area contributed by atoms with Crippen LogP contribution in [0.5, 0.6) is 0 Å². The van der Waals surface area contributed by atoms with Crippen LogP contribution in [0.1, 0.15) is 31.4 Å². The highest BCUT2D eigenvalue weighted by molar-refractivity contribution is 5.84. The zero-order valence-electron chi connectivity index (χ0n) is 12.8. The first-order valence-electron chi connectivity index (χ1n) is 7.66. The molecule has 4 heteroatoms. The molecule has 114 valence electrons. The molecule has 0 saturated carbocycles. The molecular weight excluding hydrogens is 266 g/mol. The van der Waals surface area contributed by atoms with E-state index in [2.05, 4.69) is 12.1 Å². The highest BCUT2D eigenvalue weighted by atomic mass is 16.5. The molecule has 1 aliphatic rings. The summed E-state index contributed by atoms with van der Waals surface area (Å²) in [5, 5.41) is 0. The van der Waals surface area contributed by atoms with Crippen molar-refractivity contribution in [2.75, 3.05) is 19.7 Å². The van der Waals surface area contributed by atoms with Crippen molar-refractivity contribution in [1.82, 2.24) is 4.90 Å². The summed E-state index contributed by atoms with van der Waals surface area (Å²) >= 11 is 0. The van der Waals surface area contributed by atoms with E-state index in [1.165, 1.54) is 11.1 Å². The summed E-state index contributed by atoms with van der Waals surface area (Å²) in [6, 6.07) is 8.18. The summed E-state index contributed by atoms with van der Waals surface area (Å²) in [6.45, 7) is 4.80. The third-order valence-corrected chi connectivity index (χ3v) is 3.83. The van der Waals surface area contributed by atoms with Crippen molar-refractivity contribution in [3.8, 4) is 0 Å².